The summed E-state index contributed by atoms with van der Waals surface area (Å²) >= 11 is 1.46. The molecule has 0 aliphatic heterocycles. The van der Waals surface area contributed by atoms with Gasteiger partial charge in [0.15, 0.2) is 0 Å². The van der Waals surface area contributed by atoms with Crippen LogP contribution in [0.25, 0.3) is 0 Å². The Kier molecular flexibility index (Phi) is 5.77. The Morgan fingerprint density at radius 3 is 2.42 bits per heavy atom. The zero-order chi connectivity index (χ0) is 17.7. The number of phenols is 1. The van der Waals surface area contributed by atoms with Crippen LogP contribution >= 0.6 is 11.8 Å². The van der Waals surface area contributed by atoms with Crippen LogP contribution in [-0.4, -0.2) is 23.2 Å². The summed E-state index contributed by atoms with van der Waals surface area (Å²) in [4.78, 5) is 12.7. The molecule has 0 unspecified atom stereocenters. The van der Waals surface area contributed by atoms with Gasteiger partial charge < -0.3 is 10.4 Å². The van der Waals surface area contributed by atoms with Crippen molar-refractivity contribution in [3.05, 3.63) is 54.1 Å². The van der Waals surface area contributed by atoms with Crippen LogP contribution < -0.4 is 5.32 Å². The van der Waals surface area contributed by atoms with Crippen LogP contribution in [0.1, 0.15) is 12.5 Å². The SMILES string of the molecule is C[C@H](Cc1ccc(Sc2cccc(O)c2)cc1)NC(=O)C(F)(F)F. The molecule has 0 aromatic heterocycles. The second-order valence-electron chi connectivity index (χ2n) is 5.32. The molecular formula is C17H16F3NO2S. The molecule has 0 aliphatic rings. The molecule has 0 fully saturated rings. The lowest BCUT2D eigenvalue weighted by atomic mass is 10.1. The highest BCUT2D eigenvalue weighted by Gasteiger charge is 2.39. The normalized spacial score (nSPS) is 12.7. The summed E-state index contributed by atoms with van der Waals surface area (Å²) in [5.41, 5.74) is 0.824. The molecule has 0 spiro atoms. The van der Waals surface area contributed by atoms with Crippen LogP contribution in [0.15, 0.2) is 58.3 Å². The van der Waals surface area contributed by atoms with Crippen molar-refractivity contribution in [2.24, 2.45) is 0 Å². The minimum atomic E-state index is -4.87. The van der Waals surface area contributed by atoms with E-state index in [9.17, 15) is 23.1 Å². The van der Waals surface area contributed by atoms with Gasteiger partial charge in [-0.1, -0.05) is 30.0 Å². The van der Waals surface area contributed by atoms with Crippen molar-refractivity contribution in [1.29, 1.82) is 0 Å². The van der Waals surface area contributed by atoms with E-state index < -0.39 is 18.1 Å². The smallest absolute Gasteiger partial charge is 0.471 e. The third-order valence-corrected chi connectivity index (χ3v) is 4.15. The summed E-state index contributed by atoms with van der Waals surface area (Å²) in [6.45, 7) is 1.53. The second-order valence-corrected chi connectivity index (χ2v) is 6.47. The number of carbonyl (C=O) groups is 1. The predicted octanol–water partition coefficient (Wildman–Crippen LogP) is 4.15. The Morgan fingerprint density at radius 1 is 1.17 bits per heavy atom. The summed E-state index contributed by atoms with van der Waals surface area (Å²) in [6.07, 6.45) is -4.56. The van der Waals surface area contributed by atoms with Gasteiger partial charge in [0.25, 0.3) is 0 Å². The van der Waals surface area contributed by atoms with Gasteiger partial charge in [-0.3, -0.25) is 4.79 Å². The number of benzene rings is 2. The van der Waals surface area contributed by atoms with Gasteiger partial charge in [0.2, 0.25) is 0 Å². The van der Waals surface area contributed by atoms with Gasteiger partial charge >= 0.3 is 12.1 Å². The van der Waals surface area contributed by atoms with E-state index in [1.165, 1.54) is 18.7 Å². The lowest BCUT2D eigenvalue weighted by molar-refractivity contribution is -0.174. The molecule has 2 aromatic rings. The third kappa shape index (κ3) is 5.49. The fraction of sp³-hybridized carbons (Fsp3) is 0.235. The van der Waals surface area contributed by atoms with Crippen LogP contribution in [0.2, 0.25) is 0 Å². The zero-order valence-electron chi connectivity index (χ0n) is 12.8. The number of nitrogens with one attached hydrogen (secondary N) is 1. The topological polar surface area (TPSA) is 49.3 Å². The van der Waals surface area contributed by atoms with Gasteiger partial charge in [-0.2, -0.15) is 13.2 Å². The van der Waals surface area contributed by atoms with E-state index in [1.54, 1.807) is 30.3 Å². The van der Waals surface area contributed by atoms with Crippen molar-refractivity contribution >= 4 is 17.7 Å². The number of rotatable bonds is 5. The van der Waals surface area contributed by atoms with Gasteiger partial charge in [-0.05, 0) is 49.2 Å². The lowest BCUT2D eigenvalue weighted by Gasteiger charge is -2.15. The lowest BCUT2D eigenvalue weighted by Crippen LogP contribution is -2.42. The molecule has 7 heteroatoms. The molecule has 0 saturated heterocycles. The minimum absolute atomic E-state index is 0.186. The van der Waals surface area contributed by atoms with E-state index in [1.807, 2.05) is 23.5 Å². The molecule has 2 aromatic carbocycles. The number of hydrogen-bond donors (Lipinski definition) is 2. The molecule has 0 aliphatic carbocycles. The fourth-order valence-electron chi connectivity index (χ4n) is 2.09. The number of hydrogen-bond acceptors (Lipinski definition) is 3. The monoisotopic (exact) mass is 355 g/mol. The van der Waals surface area contributed by atoms with Crippen molar-refractivity contribution in [1.82, 2.24) is 5.32 Å². The first-order valence-electron chi connectivity index (χ1n) is 7.17. The van der Waals surface area contributed by atoms with Gasteiger partial charge in [0.05, 0.1) is 0 Å². The van der Waals surface area contributed by atoms with Crippen LogP contribution in [0.3, 0.4) is 0 Å². The molecule has 0 heterocycles. The molecule has 3 nitrogen and oxygen atoms in total. The number of aromatic hydroxyl groups is 1. The van der Waals surface area contributed by atoms with Crippen LogP contribution in [-0.2, 0) is 11.2 Å². The Balaban J connectivity index is 1.93. The van der Waals surface area contributed by atoms with E-state index >= 15 is 0 Å². The highest BCUT2D eigenvalue weighted by Crippen LogP contribution is 2.29. The molecule has 1 amide bonds. The Hall–Kier alpha value is -2.15. The first-order valence-corrected chi connectivity index (χ1v) is 7.99. The Labute approximate surface area is 141 Å². The van der Waals surface area contributed by atoms with Gasteiger partial charge in [-0.15, -0.1) is 0 Å². The first-order chi connectivity index (χ1) is 11.2. The quantitative estimate of drug-likeness (QED) is 0.847. The number of phenolic OH excluding ortho intramolecular Hbond substituents is 1. The average Bonchev–Trinajstić information content (AvgIpc) is 2.48. The van der Waals surface area contributed by atoms with Crippen molar-refractivity contribution in [2.45, 2.75) is 35.4 Å². The van der Waals surface area contributed by atoms with E-state index in [0.29, 0.717) is 6.42 Å². The molecule has 0 saturated carbocycles. The van der Waals surface area contributed by atoms with Crippen molar-refractivity contribution < 1.29 is 23.1 Å². The highest BCUT2D eigenvalue weighted by atomic mass is 32.2. The number of amides is 1. The molecule has 0 bridgehead atoms. The second kappa shape index (κ2) is 7.61. The van der Waals surface area contributed by atoms with Crippen molar-refractivity contribution in [3.63, 3.8) is 0 Å². The van der Waals surface area contributed by atoms with E-state index in [-0.39, 0.29) is 5.75 Å². The summed E-state index contributed by atoms with van der Waals surface area (Å²) in [5, 5.41) is 11.4. The van der Waals surface area contributed by atoms with Gasteiger partial charge in [-0.25, -0.2) is 0 Å². The van der Waals surface area contributed by atoms with Crippen LogP contribution in [0.4, 0.5) is 13.2 Å². The Morgan fingerprint density at radius 2 is 1.83 bits per heavy atom. The van der Waals surface area contributed by atoms with E-state index in [0.717, 1.165) is 15.4 Å². The van der Waals surface area contributed by atoms with Crippen molar-refractivity contribution in [3.8, 4) is 5.75 Å². The summed E-state index contributed by atoms with van der Waals surface area (Å²) in [6, 6.07) is 13.5. The number of carbonyl (C=O) groups excluding carboxylic acids is 1. The first kappa shape index (κ1) is 18.2. The van der Waals surface area contributed by atoms with Crippen LogP contribution in [0, 0.1) is 0 Å². The Bertz CT molecular complexity index is 702. The highest BCUT2D eigenvalue weighted by molar-refractivity contribution is 7.99. The van der Waals surface area contributed by atoms with E-state index in [4.69, 9.17) is 0 Å². The molecule has 128 valence electrons. The van der Waals surface area contributed by atoms with E-state index in [2.05, 4.69) is 0 Å². The fourth-order valence-corrected chi connectivity index (χ4v) is 2.96. The molecule has 2 N–H and O–H groups in total. The number of alkyl halides is 3. The maximum absolute atomic E-state index is 12.2. The average molecular weight is 355 g/mol. The maximum atomic E-state index is 12.2. The zero-order valence-corrected chi connectivity index (χ0v) is 13.6. The molecular weight excluding hydrogens is 339 g/mol. The summed E-state index contributed by atoms with van der Waals surface area (Å²) in [5.74, 6) is -1.74. The van der Waals surface area contributed by atoms with Gasteiger partial charge in [0.1, 0.15) is 5.75 Å². The predicted molar refractivity (Wildman–Crippen MR) is 86.0 cm³/mol. The molecule has 1 atom stereocenters. The van der Waals surface area contributed by atoms with Crippen LogP contribution in [0.5, 0.6) is 5.75 Å². The number of halogens is 3. The molecule has 24 heavy (non-hydrogen) atoms. The standard InChI is InChI=1S/C17H16F3NO2S/c1-11(21-16(23)17(18,19)20)9-12-5-7-14(8-6-12)24-15-4-2-3-13(22)10-15/h2-8,10-11,22H,9H2,1H3,(H,21,23)/t11-/m1/s1. The third-order valence-electron chi connectivity index (χ3n) is 3.15. The van der Waals surface area contributed by atoms with Gasteiger partial charge in [0, 0.05) is 15.8 Å². The molecule has 0 radical (unpaired) electrons. The minimum Gasteiger partial charge on any atom is -0.508 e. The largest absolute Gasteiger partial charge is 0.508 e. The van der Waals surface area contributed by atoms with Crippen molar-refractivity contribution in [2.75, 3.05) is 0 Å². The maximum Gasteiger partial charge on any atom is 0.471 e. The summed E-state index contributed by atoms with van der Waals surface area (Å²) in [7, 11) is 0. The summed E-state index contributed by atoms with van der Waals surface area (Å²) < 4.78 is 36.6. The molecule has 2 rings (SSSR count).